The van der Waals surface area contributed by atoms with Crippen molar-refractivity contribution >= 4 is 0 Å². The maximum atomic E-state index is 10.1. The molecule has 6 atom stereocenters. The lowest BCUT2D eigenvalue weighted by Crippen LogP contribution is -2.36. The largest absolute Gasteiger partial charge is 0.390 e. The van der Waals surface area contributed by atoms with E-state index >= 15 is 0 Å². The van der Waals surface area contributed by atoms with Crippen LogP contribution >= 0.6 is 0 Å². The van der Waals surface area contributed by atoms with Gasteiger partial charge in [0.2, 0.25) is 0 Å². The number of fused-ring (bicyclic) bond motifs is 1. The minimum Gasteiger partial charge on any atom is -0.390 e. The van der Waals surface area contributed by atoms with Gasteiger partial charge in [0.1, 0.15) is 0 Å². The average molecular weight is 417 g/mol. The Morgan fingerprint density at radius 2 is 1.83 bits per heavy atom. The Hall–Kier alpha value is -0.900. The molecule has 3 heteroatoms. The zero-order chi connectivity index (χ0) is 22.1. The fourth-order valence-electron chi connectivity index (χ4n) is 6.70. The highest BCUT2D eigenvalue weighted by molar-refractivity contribution is 5.29. The summed E-state index contributed by atoms with van der Waals surface area (Å²) >= 11 is 0. The zero-order valence-electron chi connectivity index (χ0n) is 19.7. The van der Waals surface area contributed by atoms with Gasteiger partial charge in [-0.3, -0.25) is 0 Å². The Kier molecular flexibility index (Phi) is 7.37. The van der Waals surface area contributed by atoms with E-state index < -0.39 is 17.8 Å². The van der Waals surface area contributed by atoms with E-state index in [2.05, 4.69) is 32.6 Å². The molecule has 0 aromatic heterocycles. The zero-order valence-corrected chi connectivity index (χ0v) is 19.7. The van der Waals surface area contributed by atoms with E-state index in [4.69, 9.17) is 0 Å². The summed E-state index contributed by atoms with van der Waals surface area (Å²) in [6.45, 7) is 12.6. The molecule has 3 fully saturated rings. The molecular formula is C27H44O3. The summed E-state index contributed by atoms with van der Waals surface area (Å²) in [4.78, 5) is 0. The van der Waals surface area contributed by atoms with Crippen molar-refractivity contribution in [3.8, 4) is 0 Å². The van der Waals surface area contributed by atoms with Crippen molar-refractivity contribution in [2.24, 2.45) is 23.2 Å². The van der Waals surface area contributed by atoms with Crippen LogP contribution in [0.3, 0.4) is 0 Å². The number of aliphatic hydroxyl groups excluding tert-OH is 2. The van der Waals surface area contributed by atoms with Gasteiger partial charge in [-0.1, -0.05) is 56.6 Å². The lowest BCUT2D eigenvalue weighted by Gasteiger charge is -2.44. The summed E-state index contributed by atoms with van der Waals surface area (Å²) in [6, 6.07) is 0. The molecule has 170 valence electrons. The van der Waals surface area contributed by atoms with E-state index in [0.717, 1.165) is 24.3 Å². The summed E-state index contributed by atoms with van der Waals surface area (Å²) in [6.07, 6.45) is 14.0. The van der Waals surface area contributed by atoms with Gasteiger partial charge in [0.15, 0.2) is 0 Å². The molecule has 0 saturated heterocycles. The Morgan fingerprint density at radius 3 is 2.47 bits per heavy atom. The van der Waals surface area contributed by atoms with Gasteiger partial charge < -0.3 is 15.3 Å². The van der Waals surface area contributed by atoms with Gasteiger partial charge in [0, 0.05) is 0 Å². The van der Waals surface area contributed by atoms with E-state index in [1.54, 1.807) is 5.57 Å². The Morgan fingerprint density at radius 1 is 1.17 bits per heavy atom. The quantitative estimate of drug-likeness (QED) is 0.486. The molecule has 3 rings (SSSR count). The Labute approximate surface area is 184 Å². The van der Waals surface area contributed by atoms with Crippen molar-refractivity contribution in [1.82, 2.24) is 0 Å². The number of allylic oxidation sites excluding steroid dienone is 3. The summed E-state index contributed by atoms with van der Waals surface area (Å²) < 4.78 is 0. The molecule has 0 aliphatic heterocycles. The van der Waals surface area contributed by atoms with Gasteiger partial charge in [-0.25, -0.2) is 0 Å². The predicted molar refractivity (Wildman–Crippen MR) is 124 cm³/mol. The van der Waals surface area contributed by atoms with Crippen molar-refractivity contribution < 1.29 is 15.3 Å². The topological polar surface area (TPSA) is 60.7 Å². The van der Waals surface area contributed by atoms with E-state index in [0.29, 0.717) is 35.7 Å². The lowest BCUT2D eigenvalue weighted by atomic mass is 9.60. The molecule has 1 unspecified atom stereocenters. The van der Waals surface area contributed by atoms with E-state index in [1.165, 1.54) is 38.5 Å². The summed E-state index contributed by atoms with van der Waals surface area (Å²) in [5.74, 6) is 2.13. The van der Waals surface area contributed by atoms with Crippen LogP contribution in [-0.4, -0.2) is 33.1 Å². The van der Waals surface area contributed by atoms with Crippen LogP contribution in [0.1, 0.15) is 91.9 Å². The molecule has 0 radical (unpaired) electrons. The third-order valence-corrected chi connectivity index (χ3v) is 8.47. The lowest BCUT2D eigenvalue weighted by molar-refractivity contribution is 0.0596. The van der Waals surface area contributed by atoms with Gasteiger partial charge in [0.05, 0.1) is 17.8 Å². The highest BCUT2D eigenvalue weighted by Crippen LogP contribution is 2.60. The number of aliphatic hydroxyl groups is 3. The van der Waals surface area contributed by atoms with Gasteiger partial charge in [-0.2, -0.15) is 0 Å². The second-order valence-electron chi connectivity index (χ2n) is 11.4. The molecular weight excluding hydrogens is 372 g/mol. The molecule has 3 saturated carbocycles. The molecule has 0 bridgehead atoms. The molecule has 3 N–H and O–H groups in total. The molecule has 0 amide bonds. The second-order valence-corrected chi connectivity index (χ2v) is 11.4. The minimum absolute atomic E-state index is 0.386. The van der Waals surface area contributed by atoms with Crippen LogP contribution in [0.2, 0.25) is 0 Å². The van der Waals surface area contributed by atoms with Gasteiger partial charge >= 0.3 is 0 Å². The van der Waals surface area contributed by atoms with Crippen LogP contribution in [-0.2, 0) is 0 Å². The van der Waals surface area contributed by atoms with Crippen LogP contribution < -0.4 is 0 Å². The second kappa shape index (κ2) is 9.30. The van der Waals surface area contributed by atoms with Crippen LogP contribution in [0, 0.1) is 23.2 Å². The van der Waals surface area contributed by atoms with Crippen LogP contribution in [0.15, 0.2) is 35.5 Å². The normalized spacial score (nSPS) is 37.4. The fraction of sp³-hybridized carbons (Fsp3) is 0.778. The highest BCUT2D eigenvalue weighted by Gasteiger charge is 2.50. The van der Waals surface area contributed by atoms with E-state index in [1.807, 2.05) is 13.8 Å². The van der Waals surface area contributed by atoms with Gasteiger partial charge in [-0.15, -0.1) is 0 Å². The summed E-state index contributed by atoms with van der Waals surface area (Å²) in [5.41, 5.74) is 3.11. The first-order chi connectivity index (χ1) is 14.0. The van der Waals surface area contributed by atoms with Gasteiger partial charge in [-0.05, 0) is 94.0 Å². The first-order valence-corrected chi connectivity index (χ1v) is 12.2. The number of hydrogen-bond donors (Lipinski definition) is 3. The smallest absolute Gasteiger partial charge is 0.0809 e. The standard InChI is InChI=1S/C27H44O3/c1-18(8-6-14-26(3,4)30)22-12-13-23-21(9-7-15-27(22,23)5)11-10-20-16-24(28)19(2)25(29)17-20/h10-11,18,22-25,28-30H,2,6-9,12-17H2,1,3-5H3/b21-11+/t18-,22?,23+,24-,25-,27-/m1/s1. The Balaban J connectivity index is 1.67. The maximum absolute atomic E-state index is 10.1. The van der Waals surface area contributed by atoms with E-state index in [9.17, 15) is 15.3 Å². The monoisotopic (exact) mass is 416 g/mol. The SMILES string of the molecule is C=C1[C@H](O)CC(=C/C=C2\CCC[C@]3(C)C([C@H](C)CCCC(C)(C)O)CC[C@@H]23)C[C@H]1O. The third kappa shape index (κ3) is 5.29. The predicted octanol–water partition coefficient (Wildman–Crippen LogP) is 5.70. The number of hydrogen-bond acceptors (Lipinski definition) is 3. The van der Waals surface area contributed by atoms with Crippen molar-refractivity contribution in [3.63, 3.8) is 0 Å². The molecule has 30 heavy (non-hydrogen) atoms. The molecule has 3 aliphatic rings. The molecule has 0 spiro atoms. The first-order valence-electron chi connectivity index (χ1n) is 12.2. The molecule has 0 aromatic carbocycles. The minimum atomic E-state index is -0.615. The van der Waals surface area contributed by atoms with Crippen molar-refractivity contribution in [2.75, 3.05) is 0 Å². The maximum Gasteiger partial charge on any atom is 0.0809 e. The van der Waals surface area contributed by atoms with Crippen molar-refractivity contribution in [1.29, 1.82) is 0 Å². The van der Waals surface area contributed by atoms with Crippen LogP contribution in [0.4, 0.5) is 0 Å². The molecule has 3 nitrogen and oxygen atoms in total. The summed E-state index contributed by atoms with van der Waals surface area (Å²) in [7, 11) is 0. The van der Waals surface area contributed by atoms with Crippen molar-refractivity contribution in [2.45, 2.75) is 110 Å². The first kappa shape index (κ1) is 23.8. The Bertz CT molecular complexity index is 667. The molecule has 0 heterocycles. The highest BCUT2D eigenvalue weighted by atomic mass is 16.3. The molecule has 0 aromatic rings. The third-order valence-electron chi connectivity index (χ3n) is 8.47. The molecule has 3 aliphatic carbocycles. The van der Waals surface area contributed by atoms with Crippen LogP contribution in [0.5, 0.6) is 0 Å². The number of rotatable bonds is 6. The average Bonchev–Trinajstić information content (AvgIpc) is 3.00. The van der Waals surface area contributed by atoms with Crippen molar-refractivity contribution in [3.05, 3.63) is 35.5 Å². The van der Waals surface area contributed by atoms with E-state index in [-0.39, 0.29) is 0 Å². The fourth-order valence-corrected chi connectivity index (χ4v) is 6.70. The van der Waals surface area contributed by atoms with Crippen LogP contribution in [0.25, 0.3) is 0 Å². The summed E-state index contributed by atoms with van der Waals surface area (Å²) in [5, 5.41) is 30.3. The van der Waals surface area contributed by atoms with Gasteiger partial charge in [0.25, 0.3) is 0 Å².